The van der Waals surface area contributed by atoms with Crippen molar-refractivity contribution < 1.29 is 9.53 Å². The minimum Gasteiger partial charge on any atom is -0.444 e. The van der Waals surface area contributed by atoms with Crippen LogP contribution in [0.3, 0.4) is 0 Å². The van der Waals surface area contributed by atoms with Gasteiger partial charge in [0.05, 0.1) is 0 Å². The third-order valence-electron chi connectivity index (χ3n) is 2.04. The van der Waals surface area contributed by atoms with Crippen LogP contribution in [0.25, 0.3) is 0 Å². The summed E-state index contributed by atoms with van der Waals surface area (Å²) in [6, 6.07) is 1.11. The first-order valence-electron chi connectivity index (χ1n) is 5.53. The van der Waals surface area contributed by atoms with Crippen molar-refractivity contribution in [3.63, 3.8) is 0 Å². The fraction of sp³-hybridized carbons (Fsp3) is 0.909. The molecule has 1 rings (SSSR count). The van der Waals surface area contributed by atoms with Gasteiger partial charge >= 0.3 is 6.09 Å². The first-order chi connectivity index (χ1) is 6.78. The topological polar surface area (TPSA) is 50.4 Å². The Hall–Kier alpha value is -0.770. The number of hydrogen-bond donors (Lipinski definition) is 2. The van der Waals surface area contributed by atoms with Gasteiger partial charge in [-0.3, -0.25) is 0 Å². The Morgan fingerprint density at radius 1 is 1.33 bits per heavy atom. The standard InChI is InChI=1S/C11H22N2O2/c1-7(2)12-8-6-9(8)13-10(14)15-11(3,4)5/h7-9,12H,6H2,1-5H3,(H,13,14). The van der Waals surface area contributed by atoms with Gasteiger partial charge in [-0.1, -0.05) is 13.8 Å². The lowest BCUT2D eigenvalue weighted by molar-refractivity contribution is 0.0522. The first-order valence-corrected chi connectivity index (χ1v) is 5.53. The second kappa shape index (κ2) is 4.39. The highest BCUT2D eigenvalue weighted by molar-refractivity contribution is 5.68. The van der Waals surface area contributed by atoms with E-state index in [-0.39, 0.29) is 12.1 Å². The van der Waals surface area contributed by atoms with Gasteiger partial charge in [-0.25, -0.2) is 4.79 Å². The third-order valence-corrected chi connectivity index (χ3v) is 2.04. The highest BCUT2D eigenvalue weighted by Gasteiger charge is 2.39. The predicted molar refractivity (Wildman–Crippen MR) is 59.8 cm³/mol. The molecule has 1 amide bonds. The highest BCUT2D eigenvalue weighted by Crippen LogP contribution is 2.22. The van der Waals surface area contributed by atoms with E-state index in [0.29, 0.717) is 12.1 Å². The fourth-order valence-electron chi connectivity index (χ4n) is 1.43. The maximum atomic E-state index is 11.4. The van der Waals surface area contributed by atoms with Gasteiger partial charge < -0.3 is 15.4 Å². The van der Waals surface area contributed by atoms with E-state index in [0.717, 1.165) is 6.42 Å². The molecule has 0 bridgehead atoms. The summed E-state index contributed by atoms with van der Waals surface area (Å²) in [6.07, 6.45) is 0.679. The van der Waals surface area contributed by atoms with Crippen LogP contribution in [0, 0.1) is 0 Å². The van der Waals surface area contributed by atoms with Gasteiger partial charge in [0.15, 0.2) is 0 Å². The largest absolute Gasteiger partial charge is 0.444 e. The minimum absolute atomic E-state index is 0.238. The van der Waals surface area contributed by atoms with Crippen LogP contribution >= 0.6 is 0 Å². The smallest absolute Gasteiger partial charge is 0.407 e. The number of rotatable bonds is 3. The fourth-order valence-corrected chi connectivity index (χ4v) is 1.43. The normalized spacial score (nSPS) is 25.2. The Kier molecular flexibility index (Phi) is 3.60. The minimum atomic E-state index is -0.417. The van der Waals surface area contributed by atoms with Gasteiger partial charge in [0.1, 0.15) is 5.60 Å². The van der Waals surface area contributed by atoms with Gasteiger partial charge in [0.2, 0.25) is 0 Å². The second-order valence-corrected chi connectivity index (χ2v) is 5.42. The summed E-state index contributed by atoms with van der Waals surface area (Å²) in [7, 11) is 0. The maximum absolute atomic E-state index is 11.4. The van der Waals surface area contributed by atoms with Crippen molar-refractivity contribution in [2.24, 2.45) is 0 Å². The molecule has 0 aliphatic heterocycles. The van der Waals surface area contributed by atoms with Gasteiger partial charge in [-0.15, -0.1) is 0 Å². The Morgan fingerprint density at radius 2 is 1.93 bits per heavy atom. The van der Waals surface area contributed by atoms with Crippen molar-refractivity contribution >= 4 is 6.09 Å². The predicted octanol–water partition coefficient (Wildman–Crippen LogP) is 1.65. The van der Waals surface area contributed by atoms with Gasteiger partial charge in [-0.05, 0) is 27.2 Å². The average molecular weight is 214 g/mol. The van der Waals surface area contributed by atoms with Crippen LogP contribution < -0.4 is 10.6 Å². The molecule has 2 unspecified atom stereocenters. The third kappa shape index (κ3) is 5.02. The Bertz CT molecular complexity index is 233. The lowest BCUT2D eigenvalue weighted by atomic mass is 10.2. The molecule has 0 aromatic rings. The Balaban J connectivity index is 2.19. The Labute approximate surface area is 91.8 Å². The van der Waals surface area contributed by atoms with Gasteiger partial charge in [0.25, 0.3) is 0 Å². The quantitative estimate of drug-likeness (QED) is 0.751. The summed E-state index contributed by atoms with van der Waals surface area (Å²) < 4.78 is 5.16. The molecule has 1 aliphatic rings. The van der Waals surface area contributed by atoms with Crippen molar-refractivity contribution in [1.29, 1.82) is 0 Å². The molecular formula is C11H22N2O2. The highest BCUT2D eigenvalue weighted by atomic mass is 16.6. The van der Waals surface area contributed by atoms with Crippen LogP contribution in [0.2, 0.25) is 0 Å². The van der Waals surface area contributed by atoms with Crippen LogP contribution in [0.5, 0.6) is 0 Å². The van der Waals surface area contributed by atoms with Crippen LogP contribution in [0.1, 0.15) is 41.0 Å². The molecular weight excluding hydrogens is 192 g/mol. The van der Waals surface area contributed by atoms with E-state index >= 15 is 0 Å². The molecule has 1 aliphatic carbocycles. The zero-order valence-corrected chi connectivity index (χ0v) is 10.3. The van der Waals surface area contributed by atoms with Crippen molar-refractivity contribution in [2.75, 3.05) is 0 Å². The molecule has 4 nitrogen and oxygen atoms in total. The summed E-state index contributed by atoms with van der Waals surface area (Å²) >= 11 is 0. The maximum Gasteiger partial charge on any atom is 0.407 e. The van der Waals surface area contributed by atoms with Gasteiger partial charge in [0, 0.05) is 18.1 Å². The molecule has 2 N–H and O–H groups in total. The van der Waals surface area contributed by atoms with E-state index in [2.05, 4.69) is 24.5 Å². The van der Waals surface area contributed by atoms with E-state index in [1.165, 1.54) is 0 Å². The van der Waals surface area contributed by atoms with E-state index in [1.807, 2.05) is 20.8 Å². The van der Waals surface area contributed by atoms with E-state index in [4.69, 9.17) is 4.74 Å². The SMILES string of the molecule is CC(C)NC1CC1NC(=O)OC(C)(C)C. The summed E-state index contributed by atoms with van der Waals surface area (Å²) in [6.45, 7) is 9.79. The number of nitrogens with one attached hydrogen (secondary N) is 2. The number of carbonyl (C=O) groups is 1. The van der Waals surface area contributed by atoms with Crippen molar-refractivity contribution in [1.82, 2.24) is 10.6 Å². The number of amides is 1. The monoisotopic (exact) mass is 214 g/mol. The number of alkyl carbamates (subject to hydrolysis) is 1. The molecule has 0 aromatic heterocycles. The molecule has 1 saturated carbocycles. The first kappa shape index (κ1) is 12.3. The average Bonchev–Trinajstić information content (AvgIpc) is 2.60. The van der Waals surface area contributed by atoms with E-state index < -0.39 is 5.60 Å². The molecule has 2 atom stereocenters. The lowest BCUT2D eigenvalue weighted by Gasteiger charge is -2.19. The van der Waals surface area contributed by atoms with E-state index in [9.17, 15) is 4.79 Å². The molecule has 1 fully saturated rings. The number of ether oxygens (including phenoxy) is 1. The summed E-state index contributed by atoms with van der Waals surface area (Å²) in [5, 5.41) is 6.21. The van der Waals surface area contributed by atoms with Crippen LogP contribution in [-0.4, -0.2) is 29.8 Å². The molecule has 0 heterocycles. The van der Waals surface area contributed by atoms with Crippen molar-refractivity contribution in [3.05, 3.63) is 0 Å². The Morgan fingerprint density at radius 3 is 2.40 bits per heavy atom. The molecule has 15 heavy (non-hydrogen) atoms. The summed E-state index contributed by atoms with van der Waals surface area (Å²) in [5.74, 6) is 0. The molecule has 0 radical (unpaired) electrons. The molecule has 0 saturated heterocycles. The zero-order chi connectivity index (χ0) is 11.6. The van der Waals surface area contributed by atoms with Crippen LogP contribution in [0.15, 0.2) is 0 Å². The summed E-state index contributed by atoms with van der Waals surface area (Å²) in [5.41, 5.74) is -0.417. The van der Waals surface area contributed by atoms with Crippen LogP contribution in [0.4, 0.5) is 4.79 Å². The molecule has 88 valence electrons. The number of carbonyl (C=O) groups excluding carboxylic acids is 1. The molecule has 0 spiro atoms. The van der Waals surface area contributed by atoms with Crippen molar-refractivity contribution in [2.45, 2.75) is 64.8 Å². The molecule has 4 heteroatoms. The molecule has 0 aromatic carbocycles. The summed E-state index contributed by atoms with van der Waals surface area (Å²) in [4.78, 5) is 11.4. The van der Waals surface area contributed by atoms with Crippen LogP contribution in [-0.2, 0) is 4.74 Å². The second-order valence-electron chi connectivity index (χ2n) is 5.42. The van der Waals surface area contributed by atoms with E-state index in [1.54, 1.807) is 0 Å². The number of hydrogen-bond acceptors (Lipinski definition) is 3. The van der Waals surface area contributed by atoms with Crippen molar-refractivity contribution in [3.8, 4) is 0 Å². The zero-order valence-electron chi connectivity index (χ0n) is 10.3. The lowest BCUT2D eigenvalue weighted by Crippen LogP contribution is -2.37. The van der Waals surface area contributed by atoms with Gasteiger partial charge in [-0.2, -0.15) is 0 Å².